The predicted molar refractivity (Wildman–Crippen MR) is 95.1 cm³/mol. The number of carboxylic acid groups (broad SMARTS) is 1. The van der Waals surface area contributed by atoms with Gasteiger partial charge in [0.05, 0.1) is 13.2 Å². The van der Waals surface area contributed by atoms with E-state index in [2.05, 4.69) is 16.4 Å². The fraction of sp³-hybridized carbons (Fsp3) is 0.895. The van der Waals surface area contributed by atoms with Crippen molar-refractivity contribution in [2.24, 2.45) is 0 Å². The maximum absolute atomic E-state index is 10.7. The third kappa shape index (κ3) is 11.3. The van der Waals surface area contributed by atoms with Crippen LogP contribution in [0.3, 0.4) is 0 Å². The van der Waals surface area contributed by atoms with Gasteiger partial charge in [-0.15, -0.1) is 0 Å². The Bertz CT molecular complexity index is 389. The second-order valence-corrected chi connectivity index (χ2v) is 6.81. The quantitative estimate of drug-likeness (QED) is 0.225. The smallest absolute Gasteiger partial charge is 0.550 e. The van der Waals surface area contributed by atoms with Crippen LogP contribution in [0.2, 0.25) is 0 Å². The number of hydrogen-bond donors (Lipinski definition) is 1. The fourth-order valence-electron chi connectivity index (χ4n) is 3.44. The zero-order valence-electron chi connectivity index (χ0n) is 16.5. The van der Waals surface area contributed by atoms with Gasteiger partial charge in [0, 0.05) is 18.8 Å². The summed E-state index contributed by atoms with van der Waals surface area (Å²) in [7, 11) is 0. The average Bonchev–Trinajstić information content (AvgIpc) is 2.94. The van der Waals surface area contributed by atoms with Crippen LogP contribution >= 0.6 is 0 Å². The van der Waals surface area contributed by atoms with Gasteiger partial charge in [0.15, 0.2) is 0 Å². The molecule has 0 aromatic carbocycles. The molecule has 0 saturated heterocycles. The van der Waals surface area contributed by atoms with E-state index in [1.54, 1.807) is 0 Å². The molecule has 6 heteroatoms. The first-order valence-electron chi connectivity index (χ1n) is 9.85. The van der Waals surface area contributed by atoms with Crippen molar-refractivity contribution in [2.75, 3.05) is 32.8 Å². The monoisotopic (exact) mass is 363 g/mol. The summed E-state index contributed by atoms with van der Waals surface area (Å²) >= 11 is 0. The molecule has 1 rings (SSSR count). The number of unbranched alkanes of at least 4 members (excludes halogenated alkanes) is 8. The molecule has 0 unspecified atom stereocenters. The molecule has 0 fully saturated rings. The largest absolute Gasteiger partial charge is 1.00 e. The van der Waals surface area contributed by atoms with Gasteiger partial charge < -0.3 is 15.0 Å². The Labute approximate surface area is 175 Å². The Morgan fingerprint density at radius 3 is 2.28 bits per heavy atom. The Hall–Kier alpha value is -0.100. The molecule has 1 aliphatic rings. The molecule has 0 aromatic rings. The third-order valence-electron chi connectivity index (χ3n) is 4.83. The molecular weight excluding hydrogens is 327 g/mol. The van der Waals surface area contributed by atoms with Crippen LogP contribution in [0.25, 0.3) is 0 Å². The van der Waals surface area contributed by atoms with Crippen molar-refractivity contribution >= 4 is 11.8 Å². The number of amidine groups is 1. The summed E-state index contributed by atoms with van der Waals surface area (Å²) in [5, 5.41) is 19.9. The summed E-state index contributed by atoms with van der Waals surface area (Å²) in [6.07, 6.45) is 12.8. The van der Waals surface area contributed by atoms with Crippen molar-refractivity contribution < 1.29 is 49.1 Å². The van der Waals surface area contributed by atoms with Crippen molar-refractivity contribution in [3.63, 3.8) is 0 Å². The van der Waals surface area contributed by atoms with E-state index in [0.29, 0.717) is 13.1 Å². The van der Waals surface area contributed by atoms with E-state index < -0.39 is 5.97 Å². The van der Waals surface area contributed by atoms with E-state index in [9.17, 15) is 15.0 Å². The van der Waals surface area contributed by atoms with Crippen LogP contribution in [-0.2, 0) is 4.79 Å². The molecule has 1 N–H and O–H groups in total. The first-order valence-corrected chi connectivity index (χ1v) is 9.85. The van der Waals surface area contributed by atoms with Gasteiger partial charge in [-0.25, -0.2) is 0 Å². The summed E-state index contributed by atoms with van der Waals surface area (Å²) in [6, 6.07) is 0. The normalized spacial score (nSPS) is 14.1. The number of aliphatic carboxylic acids is 1. The number of β-amino-alcohol motifs (C(OH)–C–C–N with tert-alkyl or cyclic N) is 1. The van der Waals surface area contributed by atoms with E-state index >= 15 is 0 Å². The molecule has 0 aromatic heterocycles. The molecule has 5 nitrogen and oxygen atoms in total. The molecule has 0 amide bonds. The van der Waals surface area contributed by atoms with E-state index in [-0.39, 0.29) is 42.6 Å². The van der Waals surface area contributed by atoms with Crippen molar-refractivity contribution in [1.29, 1.82) is 0 Å². The predicted octanol–water partition coefficient (Wildman–Crippen LogP) is -1.23. The zero-order valence-corrected chi connectivity index (χ0v) is 18.5. The summed E-state index contributed by atoms with van der Waals surface area (Å²) in [4.78, 5) is 12.9. The van der Waals surface area contributed by atoms with E-state index in [1.807, 2.05) is 0 Å². The molecule has 0 saturated carbocycles. The number of carbonyl (C=O) groups excluding carboxylic acids is 1. The van der Waals surface area contributed by atoms with E-state index in [4.69, 9.17) is 0 Å². The molecule has 0 spiro atoms. The maximum Gasteiger partial charge on any atom is 1.00 e. The first kappa shape index (κ1) is 24.9. The minimum atomic E-state index is -0.988. The number of carbonyl (C=O) groups is 1. The summed E-state index contributed by atoms with van der Waals surface area (Å²) < 4.78 is 2.21. The third-order valence-corrected chi connectivity index (χ3v) is 4.83. The molecule has 0 atom stereocenters. The zero-order chi connectivity index (χ0) is 17.6. The fourth-order valence-corrected chi connectivity index (χ4v) is 3.44. The van der Waals surface area contributed by atoms with Crippen molar-refractivity contribution in [3.05, 3.63) is 0 Å². The van der Waals surface area contributed by atoms with Crippen molar-refractivity contribution in [3.8, 4) is 0 Å². The maximum atomic E-state index is 10.7. The van der Waals surface area contributed by atoms with Gasteiger partial charge >= 0.3 is 29.6 Å². The first-order chi connectivity index (χ1) is 11.7. The average molecular weight is 363 g/mol. The van der Waals surface area contributed by atoms with Crippen LogP contribution in [0, 0.1) is 0 Å². The van der Waals surface area contributed by atoms with Gasteiger partial charge in [-0.1, -0.05) is 58.3 Å². The van der Waals surface area contributed by atoms with E-state index in [1.165, 1.54) is 57.2 Å². The van der Waals surface area contributed by atoms with Gasteiger partial charge in [0.2, 0.25) is 5.84 Å². The topological polar surface area (TPSA) is 66.6 Å². The summed E-state index contributed by atoms with van der Waals surface area (Å²) in [6.45, 7) is 5.32. The Balaban J connectivity index is 0.00000576. The SMILES string of the molecule is CCCCCCCCCCCC1=[N+](CCO)CCN1CCC(=O)[O-].[Na+]. The molecule has 0 aliphatic carbocycles. The Morgan fingerprint density at radius 1 is 1.12 bits per heavy atom. The van der Waals surface area contributed by atoms with Crippen LogP contribution < -0.4 is 34.7 Å². The van der Waals surface area contributed by atoms with E-state index in [0.717, 1.165) is 25.9 Å². The summed E-state index contributed by atoms with van der Waals surface area (Å²) in [5.74, 6) is 0.228. The Morgan fingerprint density at radius 2 is 1.72 bits per heavy atom. The Kier molecular flexibility index (Phi) is 16.0. The minimum absolute atomic E-state index is 0. The van der Waals surface area contributed by atoms with Crippen molar-refractivity contribution in [2.45, 2.75) is 77.6 Å². The number of rotatable bonds is 15. The van der Waals surface area contributed by atoms with Crippen LogP contribution in [0.4, 0.5) is 0 Å². The number of aliphatic hydroxyl groups excluding tert-OH is 1. The van der Waals surface area contributed by atoms with Crippen LogP contribution in [-0.4, -0.2) is 59.2 Å². The molecule has 1 heterocycles. The van der Waals surface area contributed by atoms with Gasteiger partial charge in [0.1, 0.15) is 19.6 Å². The molecule has 0 radical (unpaired) electrons. The van der Waals surface area contributed by atoms with Gasteiger partial charge in [-0.05, 0) is 6.42 Å². The van der Waals surface area contributed by atoms with Gasteiger partial charge in [0.25, 0.3) is 0 Å². The molecule has 1 aliphatic heterocycles. The second-order valence-electron chi connectivity index (χ2n) is 6.81. The molecule has 25 heavy (non-hydrogen) atoms. The van der Waals surface area contributed by atoms with Crippen LogP contribution in [0.15, 0.2) is 0 Å². The van der Waals surface area contributed by atoms with Crippen molar-refractivity contribution in [1.82, 2.24) is 4.90 Å². The molecular formula is C19H36N2NaO3+. The standard InChI is InChI=1S/C19H36N2O3.Na/c1-2-3-4-5-6-7-8-9-10-11-18-20(13-12-19(23)24)14-15-21(18)16-17-22;/h22H,2-17H2,1H3;/q;+1. The van der Waals surface area contributed by atoms with Gasteiger partial charge in [-0.3, -0.25) is 9.48 Å². The molecule has 140 valence electrons. The van der Waals surface area contributed by atoms with Gasteiger partial charge in [-0.2, -0.15) is 0 Å². The molecule has 0 bridgehead atoms. The number of hydrogen-bond acceptors (Lipinski definition) is 4. The van der Waals surface area contributed by atoms with Crippen LogP contribution in [0.1, 0.15) is 77.6 Å². The summed E-state index contributed by atoms with van der Waals surface area (Å²) in [5.41, 5.74) is 0. The number of aliphatic hydroxyl groups is 1. The number of carboxylic acids is 1. The van der Waals surface area contributed by atoms with Crippen LogP contribution in [0.5, 0.6) is 0 Å². The second kappa shape index (κ2) is 16.1. The minimum Gasteiger partial charge on any atom is -0.550 e. The number of nitrogens with zero attached hydrogens (tertiary/aromatic N) is 2.